The second-order valence-electron chi connectivity index (χ2n) is 11.2. The van der Waals surface area contributed by atoms with Gasteiger partial charge in [-0.1, -0.05) is 45.9 Å². The highest BCUT2D eigenvalue weighted by Gasteiger charge is 2.46. The number of benzene rings is 1. The van der Waals surface area contributed by atoms with Crippen LogP contribution in [0.1, 0.15) is 50.7 Å². The van der Waals surface area contributed by atoms with E-state index in [1.165, 1.54) is 0 Å². The summed E-state index contributed by atoms with van der Waals surface area (Å²) >= 11 is 0. The predicted molar refractivity (Wildman–Crippen MR) is 145 cm³/mol. The normalized spacial score (nSPS) is 33.9. The molecule has 0 spiro atoms. The maximum atomic E-state index is 12.9. The van der Waals surface area contributed by atoms with E-state index in [1.807, 2.05) is 45.9 Å². The molecule has 3 rings (SSSR count). The van der Waals surface area contributed by atoms with Crippen molar-refractivity contribution >= 4 is 6.16 Å². The molecule has 0 aliphatic carbocycles. The fraction of sp³-hybridized carbons (Fsp3) is 0.750. The lowest BCUT2D eigenvalue weighted by molar-refractivity contribution is -0.330. The topological polar surface area (TPSA) is 234 Å². The Bertz CT molecular complexity index is 992. The summed E-state index contributed by atoms with van der Waals surface area (Å²) in [6.45, 7) is 5.25. The molecule has 8 N–H and O–H groups in total. The minimum atomic E-state index is -1.79. The van der Waals surface area contributed by atoms with E-state index >= 15 is 0 Å². The van der Waals surface area contributed by atoms with Crippen LogP contribution in [0, 0.1) is 0 Å². The van der Waals surface area contributed by atoms with Crippen molar-refractivity contribution in [1.82, 2.24) is 0 Å². The van der Waals surface area contributed by atoms with E-state index in [0.717, 1.165) is 11.1 Å². The van der Waals surface area contributed by atoms with Crippen molar-refractivity contribution in [3.05, 3.63) is 29.3 Å². The van der Waals surface area contributed by atoms with Crippen LogP contribution in [-0.4, -0.2) is 141 Å². The Morgan fingerprint density at radius 1 is 0.744 bits per heavy atom. The molecule has 43 heavy (non-hydrogen) atoms. The predicted octanol–water partition coefficient (Wildman–Crippen LogP) is -1.55. The average molecular weight is 621 g/mol. The van der Waals surface area contributed by atoms with Crippen LogP contribution in [0.5, 0.6) is 5.75 Å². The summed E-state index contributed by atoms with van der Waals surface area (Å²) in [4.78, 5) is 12.9. The van der Waals surface area contributed by atoms with Crippen molar-refractivity contribution < 1.29 is 74.1 Å². The van der Waals surface area contributed by atoms with Crippen molar-refractivity contribution in [3.8, 4) is 5.75 Å². The zero-order valence-electron chi connectivity index (χ0n) is 24.5. The third-order valence-corrected chi connectivity index (χ3v) is 7.36. The van der Waals surface area contributed by atoms with Gasteiger partial charge in [-0.15, -0.1) is 0 Å². The van der Waals surface area contributed by atoms with Crippen molar-refractivity contribution in [3.63, 3.8) is 0 Å². The van der Waals surface area contributed by atoms with Gasteiger partial charge in [0.15, 0.2) is 12.6 Å². The van der Waals surface area contributed by atoms with Gasteiger partial charge in [-0.05, 0) is 23.0 Å². The Morgan fingerprint density at radius 2 is 1.23 bits per heavy atom. The molecule has 0 amide bonds. The Kier molecular flexibility index (Phi) is 13.1. The smallest absolute Gasteiger partial charge is 0.431 e. The Balaban J connectivity index is 1.76. The molecule has 0 aromatic heterocycles. The SMILES string of the molecule is CC(C)c1cccc(C(C)C)c1OC(=O)OCC(CO[C@@H]1O[C@H](CO)[C@@H](O)[C@H](O)[C@H]1O)O[C@@H]1O[C@H](CO)[C@@H](O)[C@H](O)[C@H]1O. The summed E-state index contributed by atoms with van der Waals surface area (Å²) in [5, 5.41) is 80.0. The number of para-hydroxylation sites is 1. The summed E-state index contributed by atoms with van der Waals surface area (Å²) < 4.78 is 32.8. The minimum absolute atomic E-state index is 0.0238. The van der Waals surface area contributed by atoms with Crippen molar-refractivity contribution in [2.75, 3.05) is 26.4 Å². The zero-order chi connectivity index (χ0) is 32.0. The fourth-order valence-corrected chi connectivity index (χ4v) is 4.78. The van der Waals surface area contributed by atoms with Crippen LogP contribution >= 0.6 is 0 Å². The van der Waals surface area contributed by atoms with E-state index in [4.69, 9.17) is 28.4 Å². The molecule has 2 aliphatic heterocycles. The first kappa shape index (κ1) is 35.5. The van der Waals surface area contributed by atoms with E-state index in [-0.39, 0.29) is 11.8 Å². The molecular weight excluding hydrogens is 576 g/mol. The van der Waals surface area contributed by atoms with Gasteiger partial charge >= 0.3 is 6.16 Å². The van der Waals surface area contributed by atoms with Crippen LogP contribution in [0.25, 0.3) is 0 Å². The van der Waals surface area contributed by atoms with E-state index in [9.17, 15) is 45.6 Å². The number of aliphatic hydroxyl groups is 8. The Morgan fingerprint density at radius 3 is 1.72 bits per heavy atom. The van der Waals surface area contributed by atoms with Gasteiger partial charge < -0.3 is 69.3 Å². The molecule has 15 nitrogen and oxygen atoms in total. The average Bonchev–Trinajstić information content (AvgIpc) is 2.97. The van der Waals surface area contributed by atoms with E-state index in [1.54, 1.807) is 0 Å². The molecule has 0 saturated carbocycles. The first-order valence-electron chi connectivity index (χ1n) is 14.2. The first-order valence-corrected chi connectivity index (χ1v) is 14.2. The molecular formula is C28H44O15. The molecule has 11 atom stereocenters. The molecule has 2 saturated heterocycles. The highest BCUT2D eigenvalue weighted by molar-refractivity contribution is 5.66. The van der Waals surface area contributed by atoms with Crippen molar-refractivity contribution in [2.24, 2.45) is 0 Å². The largest absolute Gasteiger partial charge is 0.513 e. The van der Waals surface area contributed by atoms with Crippen molar-refractivity contribution in [2.45, 2.75) is 107 Å². The van der Waals surface area contributed by atoms with Gasteiger partial charge in [-0.2, -0.15) is 0 Å². The second kappa shape index (κ2) is 15.8. The standard InChI is InChI=1S/C28H44O15/c1-12(2)15-6-5-7-16(13(3)4)25(15)43-28(37)39-11-14(40-27-24(36)22(34)20(32)18(9-30)42-27)10-38-26-23(35)21(33)19(31)17(8-29)41-26/h5-7,12-14,17-24,26-27,29-36H,8-11H2,1-4H3/t14?,17-,18-,19-,20-,21+,22+,23-,24-,26-,27-/m1/s1. The van der Waals surface area contributed by atoms with E-state index in [0.29, 0.717) is 5.75 Å². The maximum absolute atomic E-state index is 12.9. The number of hydrogen-bond donors (Lipinski definition) is 8. The number of ether oxygens (including phenoxy) is 6. The highest BCUT2D eigenvalue weighted by Crippen LogP contribution is 2.35. The Labute approximate surface area is 249 Å². The third kappa shape index (κ3) is 8.59. The number of rotatable bonds is 12. The van der Waals surface area contributed by atoms with Crippen LogP contribution in [0.3, 0.4) is 0 Å². The zero-order valence-corrected chi connectivity index (χ0v) is 24.5. The summed E-state index contributed by atoms with van der Waals surface area (Å²) in [7, 11) is 0. The summed E-state index contributed by atoms with van der Waals surface area (Å²) in [5.74, 6) is 0.396. The summed E-state index contributed by atoms with van der Waals surface area (Å²) in [6.07, 6.45) is -18.4. The van der Waals surface area contributed by atoms with Gasteiger partial charge in [-0.25, -0.2) is 4.79 Å². The molecule has 246 valence electrons. The third-order valence-electron chi connectivity index (χ3n) is 7.36. The monoisotopic (exact) mass is 620 g/mol. The van der Waals surface area contributed by atoms with Gasteiger partial charge in [0.1, 0.15) is 67.3 Å². The van der Waals surface area contributed by atoms with Crippen LogP contribution in [0.4, 0.5) is 4.79 Å². The van der Waals surface area contributed by atoms with Crippen LogP contribution < -0.4 is 4.74 Å². The molecule has 1 aromatic rings. The van der Waals surface area contributed by atoms with Gasteiger partial charge in [0.25, 0.3) is 0 Å². The van der Waals surface area contributed by atoms with Gasteiger partial charge in [0, 0.05) is 0 Å². The van der Waals surface area contributed by atoms with Gasteiger partial charge in [0.05, 0.1) is 19.8 Å². The molecule has 0 radical (unpaired) electrons. The van der Waals surface area contributed by atoms with E-state index in [2.05, 4.69) is 0 Å². The van der Waals surface area contributed by atoms with Crippen molar-refractivity contribution in [1.29, 1.82) is 0 Å². The van der Waals surface area contributed by atoms with Gasteiger partial charge in [0.2, 0.25) is 0 Å². The quantitative estimate of drug-likeness (QED) is 0.0976. The lowest BCUT2D eigenvalue weighted by Gasteiger charge is -2.41. The molecule has 2 fully saturated rings. The molecule has 2 heterocycles. The highest BCUT2D eigenvalue weighted by atomic mass is 16.8. The maximum Gasteiger partial charge on any atom is 0.513 e. The van der Waals surface area contributed by atoms with Crippen LogP contribution in [0.2, 0.25) is 0 Å². The summed E-state index contributed by atoms with van der Waals surface area (Å²) in [6, 6.07) is 5.53. The van der Waals surface area contributed by atoms with Crippen LogP contribution in [0.15, 0.2) is 18.2 Å². The molecule has 0 bridgehead atoms. The molecule has 15 heteroatoms. The molecule has 1 unspecified atom stereocenters. The Hall–Kier alpha value is -1.99. The molecule has 2 aliphatic rings. The van der Waals surface area contributed by atoms with Crippen LogP contribution in [-0.2, 0) is 23.7 Å². The first-order chi connectivity index (χ1) is 20.3. The second-order valence-corrected chi connectivity index (χ2v) is 11.2. The lowest BCUT2D eigenvalue weighted by atomic mass is 9.94. The van der Waals surface area contributed by atoms with E-state index < -0.39 is 100 Å². The lowest BCUT2D eigenvalue weighted by Crippen LogP contribution is -2.60. The minimum Gasteiger partial charge on any atom is -0.431 e. The fourth-order valence-electron chi connectivity index (χ4n) is 4.78. The number of hydrogen-bond acceptors (Lipinski definition) is 15. The summed E-state index contributed by atoms with van der Waals surface area (Å²) in [5.41, 5.74) is 1.56. The molecule has 1 aromatic carbocycles. The van der Waals surface area contributed by atoms with Gasteiger partial charge in [-0.3, -0.25) is 0 Å². The number of carbonyl (C=O) groups excluding carboxylic acids is 1. The number of aliphatic hydroxyl groups excluding tert-OH is 8. The number of carbonyl (C=O) groups is 1.